The number of hydrogen-bond acceptors (Lipinski definition) is 5. The third-order valence-electron chi connectivity index (χ3n) is 4.56. The molecule has 2 heterocycles. The zero-order chi connectivity index (χ0) is 21.7. The number of carbonyl (C=O) groups is 2. The highest BCUT2D eigenvalue weighted by Crippen LogP contribution is 2.19. The van der Waals surface area contributed by atoms with Crippen LogP contribution in [0, 0.1) is 0 Å². The molecular formula is C21H26N6O3. The molecule has 3 rings (SSSR count). The first-order valence-corrected chi connectivity index (χ1v) is 9.78. The minimum absolute atomic E-state index is 0.153. The van der Waals surface area contributed by atoms with Crippen molar-refractivity contribution < 1.29 is 14.3 Å². The topological polar surface area (TPSA) is 103 Å². The molecule has 9 heteroatoms. The molecule has 158 valence electrons. The van der Waals surface area contributed by atoms with Crippen molar-refractivity contribution in [3.05, 3.63) is 59.7 Å². The van der Waals surface area contributed by atoms with Crippen LogP contribution in [-0.2, 0) is 13.3 Å². The van der Waals surface area contributed by atoms with Gasteiger partial charge in [-0.05, 0) is 36.6 Å². The van der Waals surface area contributed by atoms with Gasteiger partial charge in [0.25, 0.3) is 11.8 Å². The van der Waals surface area contributed by atoms with Crippen molar-refractivity contribution in [3.8, 4) is 5.75 Å². The number of carbonyl (C=O) groups excluding carboxylic acids is 2. The van der Waals surface area contributed by atoms with Gasteiger partial charge in [-0.3, -0.25) is 14.3 Å². The van der Waals surface area contributed by atoms with E-state index < -0.39 is 5.91 Å². The van der Waals surface area contributed by atoms with Gasteiger partial charge in [0.15, 0.2) is 18.1 Å². The second kappa shape index (κ2) is 9.25. The average molecular weight is 410 g/mol. The van der Waals surface area contributed by atoms with Gasteiger partial charge in [0, 0.05) is 26.0 Å². The molecule has 30 heavy (non-hydrogen) atoms. The molecular weight excluding hydrogens is 384 g/mol. The molecule has 2 N–H and O–H groups in total. The molecule has 0 fully saturated rings. The highest BCUT2D eigenvalue weighted by atomic mass is 16.5. The Kier molecular flexibility index (Phi) is 6.51. The Bertz CT molecular complexity index is 1020. The minimum atomic E-state index is -0.434. The van der Waals surface area contributed by atoms with E-state index in [0.29, 0.717) is 18.2 Å². The van der Waals surface area contributed by atoms with E-state index in [1.54, 1.807) is 23.1 Å². The van der Waals surface area contributed by atoms with Crippen LogP contribution in [0.4, 0.5) is 5.69 Å². The van der Waals surface area contributed by atoms with Gasteiger partial charge in [-0.1, -0.05) is 26.0 Å². The summed E-state index contributed by atoms with van der Waals surface area (Å²) in [6.07, 6.45) is 3.27. The molecule has 0 aliphatic heterocycles. The number of benzene rings is 1. The summed E-state index contributed by atoms with van der Waals surface area (Å²) in [6, 6.07) is 9.48. The third-order valence-corrected chi connectivity index (χ3v) is 4.56. The number of anilines is 1. The zero-order valence-electron chi connectivity index (χ0n) is 17.5. The standard InChI is InChI=1S/C21H26N6O3/c1-5-26-12-18(19(25-26)21(29)22-4)23-20(28)17-10-11-27(24-17)13-30-16-8-6-15(7-9-16)14(2)3/h6-12,14H,5,13H2,1-4H3,(H,22,29)(H,23,28). The summed E-state index contributed by atoms with van der Waals surface area (Å²) < 4.78 is 8.83. The van der Waals surface area contributed by atoms with Gasteiger partial charge in [0.05, 0.1) is 5.69 Å². The number of rotatable bonds is 8. The predicted molar refractivity (Wildman–Crippen MR) is 113 cm³/mol. The molecule has 0 radical (unpaired) electrons. The maximum atomic E-state index is 12.6. The Hall–Kier alpha value is -3.62. The number of aryl methyl sites for hydroxylation is 1. The quantitative estimate of drug-likeness (QED) is 0.594. The van der Waals surface area contributed by atoms with Crippen LogP contribution >= 0.6 is 0 Å². The zero-order valence-corrected chi connectivity index (χ0v) is 17.5. The molecule has 0 spiro atoms. The Balaban J connectivity index is 1.64. The molecule has 0 atom stereocenters. The van der Waals surface area contributed by atoms with Crippen LogP contribution in [0.15, 0.2) is 42.7 Å². The van der Waals surface area contributed by atoms with E-state index in [1.807, 2.05) is 31.2 Å². The van der Waals surface area contributed by atoms with E-state index in [0.717, 1.165) is 5.75 Å². The lowest BCUT2D eigenvalue weighted by atomic mass is 10.0. The van der Waals surface area contributed by atoms with Crippen molar-refractivity contribution in [2.75, 3.05) is 12.4 Å². The van der Waals surface area contributed by atoms with Gasteiger partial charge < -0.3 is 15.4 Å². The number of hydrogen-bond donors (Lipinski definition) is 2. The monoisotopic (exact) mass is 410 g/mol. The lowest BCUT2D eigenvalue weighted by molar-refractivity contribution is 0.0958. The van der Waals surface area contributed by atoms with Crippen LogP contribution in [-0.4, -0.2) is 38.4 Å². The number of amides is 2. The summed E-state index contributed by atoms with van der Waals surface area (Å²) in [7, 11) is 1.51. The normalized spacial score (nSPS) is 10.8. The summed E-state index contributed by atoms with van der Waals surface area (Å²) in [6.45, 7) is 6.91. The molecule has 0 unspecified atom stereocenters. The lowest BCUT2D eigenvalue weighted by Gasteiger charge is -2.09. The van der Waals surface area contributed by atoms with Crippen LogP contribution in [0.1, 0.15) is 53.2 Å². The van der Waals surface area contributed by atoms with Gasteiger partial charge in [0.2, 0.25) is 0 Å². The maximum Gasteiger partial charge on any atom is 0.276 e. The molecule has 2 aromatic heterocycles. The highest BCUT2D eigenvalue weighted by Gasteiger charge is 2.19. The molecule has 0 saturated heterocycles. The van der Waals surface area contributed by atoms with Gasteiger partial charge in [-0.2, -0.15) is 10.2 Å². The molecule has 9 nitrogen and oxygen atoms in total. The predicted octanol–water partition coefficient (Wildman–Crippen LogP) is 2.87. The lowest BCUT2D eigenvalue weighted by Crippen LogP contribution is -2.22. The molecule has 0 aliphatic rings. The Morgan fingerprint density at radius 2 is 1.80 bits per heavy atom. The van der Waals surface area contributed by atoms with E-state index in [2.05, 4.69) is 34.7 Å². The van der Waals surface area contributed by atoms with E-state index >= 15 is 0 Å². The van der Waals surface area contributed by atoms with E-state index in [4.69, 9.17) is 4.74 Å². The fraction of sp³-hybridized carbons (Fsp3) is 0.333. The van der Waals surface area contributed by atoms with Crippen LogP contribution in [0.25, 0.3) is 0 Å². The second-order valence-corrected chi connectivity index (χ2v) is 7.02. The van der Waals surface area contributed by atoms with Crippen molar-refractivity contribution >= 4 is 17.5 Å². The second-order valence-electron chi connectivity index (χ2n) is 7.02. The molecule has 1 aromatic carbocycles. The number of aromatic nitrogens is 4. The summed E-state index contributed by atoms with van der Waals surface area (Å²) in [5.41, 5.74) is 1.93. The number of nitrogens with zero attached hydrogens (tertiary/aromatic N) is 4. The van der Waals surface area contributed by atoms with Crippen LogP contribution in [0.5, 0.6) is 5.75 Å². The van der Waals surface area contributed by atoms with Crippen molar-refractivity contribution in [2.45, 2.75) is 40.0 Å². The number of nitrogens with one attached hydrogen (secondary N) is 2. The fourth-order valence-electron chi connectivity index (χ4n) is 2.79. The summed E-state index contributed by atoms with van der Waals surface area (Å²) in [5.74, 6) is 0.374. The van der Waals surface area contributed by atoms with Gasteiger partial charge in [-0.15, -0.1) is 0 Å². The van der Waals surface area contributed by atoms with Gasteiger partial charge in [-0.25, -0.2) is 4.68 Å². The van der Waals surface area contributed by atoms with E-state index in [9.17, 15) is 9.59 Å². The van der Waals surface area contributed by atoms with E-state index in [1.165, 1.54) is 17.3 Å². The van der Waals surface area contributed by atoms with Crippen molar-refractivity contribution in [3.63, 3.8) is 0 Å². The molecule has 3 aromatic rings. The first kappa shape index (κ1) is 21.1. The minimum Gasteiger partial charge on any atom is -0.471 e. The van der Waals surface area contributed by atoms with Gasteiger partial charge >= 0.3 is 0 Å². The highest BCUT2D eigenvalue weighted by molar-refractivity contribution is 6.07. The Morgan fingerprint density at radius 3 is 2.43 bits per heavy atom. The Morgan fingerprint density at radius 1 is 1.07 bits per heavy atom. The van der Waals surface area contributed by atoms with Crippen LogP contribution in [0.3, 0.4) is 0 Å². The van der Waals surface area contributed by atoms with Crippen LogP contribution < -0.4 is 15.4 Å². The largest absolute Gasteiger partial charge is 0.471 e. The summed E-state index contributed by atoms with van der Waals surface area (Å²) >= 11 is 0. The molecule has 0 aliphatic carbocycles. The van der Waals surface area contributed by atoms with Crippen molar-refractivity contribution in [1.29, 1.82) is 0 Å². The molecule has 0 bridgehead atoms. The van der Waals surface area contributed by atoms with Gasteiger partial charge in [0.1, 0.15) is 5.75 Å². The van der Waals surface area contributed by atoms with Crippen molar-refractivity contribution in [2.24, 2.45) is 0 Å². The maximum absolute atomic E-state index is 12.6. The first-order chi connectivity index (χ1) is 14.4. The SMILES string of the molecule is CCn1cc(NC(=O)c2ccn(COc3ccc(C(C)C)cc3)n2)c(C(=O)NC)n1. The molecule has 2 amide bonds. The van der Waals surface area contributed by atoms with E-state index in [-0.39, 0.29) is 24.0 Å². The third kappa shape index (κ3) is 4.86. The first-order valence-electron chi connectivity index (χ1n) is 9.78. The molecule has 0 saturated carbocycles. The smallest absolute Gasteiger partial charge is 0.276 e. The summed E-state index contributed by atoms with van der Waals surface area (Å²) in [4.78, 5) is 24.6. The summed E-state index contributed by atoms with van der Waals surface area (Å²) in [5, 5.41) is 13.6. The van der Waals surface area contributed by atoms with Crippen LogP contribution in [0.2, 0.25) is 0 Å². The fourth-order valence-corrected chi connectivity index (χ4v) is 2.79. The van der Waals surface area contributed by atoms with Crippen molar-refractivity contribution in [1.82, 2.24) is 24.9 Å². The Labute approximate surface area is 175 Å². The number of ether oxygens (including phenoxy) is 1. The average Bonchev–Trinajstić information content (AvgIpc) is 3.39.